The number of hydrogen-bond acceptors (Lipinski definition) is 17. The Morgan fingerprint density at radius 1 is 0.752 bits per heavy atom. The van der Waals surface area contributed by atoms with Gasteiger partial charge in [0.15, 0.2) is 17.7 Å². The third-order valence-corrected chi connectivity index (χ3v) is 35.1. The maximum absolute atomic E-state index is 17.4. The minimum absolute atomic E-state index is 0.0146. The van der Waals surface area contributed by atoms with Gasteiger partial charge in [-0.25, -0.2) is 0 Å². The molecule has 23 unspecified atom stereocenters. The molecule has 11 fully saturated rings. The minimum Gasteiger partial charge on any atom is -0.511 e. The number of allylic oxidation sites excluding steroid dienone is 7. The van der Waals surface area contributed by atoms with Crippen LogP contribution in [0.25, 0.3) is 0 Å². The molecule has 18 aliphatic rings. The Morgan fingerprint density at radius 3 is 2.41 bits per heavy atom. The molecule has 0 radical (unpaired) electrons. The summed E-state index contributed by atoms with van der Waals surface area (Å²) in [7, 11) is 3.05. The van der Waals surface area contributed by atoms with E-state index in [9.17, 15) is 45.6 Å². The van der Waals surface area contributed by atoms with Crippen LogP contribution in [0.2, 0.25) is 0 Å². The first-order chi connectivity index (χ1) is 48.8. The van der Waals surface area contributed by atoms with Crippen molar-refractivity contribution in [2.45, 2.75) is 207 Å². The van der Waals surface area contributed by atoms with Crippen LogP contribution >= 0.6 is 21.6 Å². The third kappa shape index (κ3) is 8.56. The molecule has 2 saturated heterocycles. The number of Topliss-reactive ketones (excluding diaryl/α,β-unsaturated/α-hetero) is 2. The first-order valence-corrected chi connectivity index (χ1v) is 41.1. The number of phenols is 1. The van der Waals surface area contributed by atoms with E-state index in [1.54, 1.807) is 41.1 Å². The molecule has 4 heterocycles. The number of rotatable bonds is 7. The molecular formula is C84H98N2O13S2. The van der Waals surface area contributed by atoms with E-state index in [4.69, 9.17) is 9.47 Å². The van der Waals surface area contributed by atoms with Crippen LogP contribution in [0.15, 0.2) is 125 Å². The predicted molar refractivity (Wildman–Crippen MR) is 381 cm³/mol. The molecule has 9 saturated carbocycles. The zero-order valence-corrected chi connectivity index (χ0v) is 59.4. The number of aromatic hydroxyl groups is 1. The van der Waals surface area contributed by atoms with Crippen LogP contribution in [0.1, 0.15) is 185 Å². The Labute approximate surface area is 599 Å². The number of ketones is 2. The number of fused-ring (bicyclic) bond motifs is 3. The smallest absolute Gasteiger partial charge is 0.240 e. The summed E-state index contributed by atoms with van der Waals surface area (Å²) >= 11 is 0. The number of ether oxygens (including phenoxy) is 2. The molecule has 23 atom stereocenters. The first kappa shape index (κ1) is 65.3. The molecule has 15 nitrogen and oxygen atoms in total. The molecule has 10 N–H and O–H groups in total. The number of carbonyl (C=O) groups excluding carboxylic acids is 3. The van der Waals surface area contributed by atoms with Gasteiger partial charge in [-0.1, -0.05) is 102 Å². The molecule has 7 spiro atoms. The highest BCUT2D eigenvalue weighted by molar-refractivity contribution is 8.77. The van der Waals surface area contributed by atoms with Gasteiger partial charge in [0.25, 0.3) is 0 Å². The Kier molecular flexibility index (Phi) is 14.5. The van der Waals surface area contributed by atoms with Gasteiger partial charge in [0.05, 0.1) is 42.0 Å². The number of phenolic OH excluding ortho intramolecular Hbond substituents is 1. The second-order valence-corrected chi connectivity index (χ2v) is 38.8. The molecule has 3 aromatic rings. The third-order valence-electron chi connectivity index (χ3n) is 32.4. The summed E-state index contributed by atoms with van der Waals surface area (Å²) in [6.07, 6.45) is 26.7. The van der Waals surface area contributed by atoms with Crippen molar-refractivity contribution in [1.82, 2.24) is 10.6 Å². The van der Waals surface area contributed by atoms with Gasteiger partial charge < -0.3 is 65.8 Å². The van der Waals surface area contributed by atoms with Crippen molar-refractivity contribution in [2.75, 3.05) is 19.0 Å². The van der Waals surface area contributed by atoms with Crippen molar-refractivity contribution < 1.29 is 64.7 Å². The Hall–Kier alpha value is -5.21. The van der Waals surface area contributed by atoms with E-state index in [0.717, 1.165) is 94.0 Å². The topological polar surface area (TPSA) is 256 Å². The number of hydrogen-bond donors (Lipinski definition) is 10. The normalized spacial score (nSPS) is 46.6. The van der Waals surface area contributed by atoms with E-state index in [0.29, 0.717) is 79.3 Å². The summed E-state index contributed by atoms with van der Waals surface area (Å²) in [5, 5.41) is 110. The van der Waals surface area contributed by atoms with Crippen LogP contribution in [0.3, 0.4) is 0 Å². The molecule has 4 aliphatic heterocycles. The van der Waals surface area contributed by atoms with Gasteiger partial charge >= 0.3 is 0 Å². The molecule has 534 valence electrons. The minimum atomic E-state index is -2.40. The monoisotopic (exact) mass is 1410 g/mol. The number of benzene rings is 3. The number of carbonyl (C=O) groups is 3. The zero-order valence-electron chi connectivity index (χ0n) is 57.8. The molecular weight excluding hydrogens is 1310 g/mol. The lowest BCUT2D eigenvalue weighted by Gasteiger charge is -2.72. The van der Waals surface area contributed by atoms with Crippen LogP contribution in [-0.4, -0.2) is 118 Å². The van der Waals surface area contributed by atoms with Gasteiger partial charge in [-0.15, -0.1) is 0 Å². The lowest BCUT2D eigenvalue weighted by molar-refractivity contribution is -0.461. The quantitative estimate of drug-likeness (QED) is 0.0779. The average Bonchev–Trinajstić information content (AvgIpc) is 1.58. The summed E-state index contributed by atoms with van der Waals surface area (Å²) in [6, 6.07) is 20.4. The van der Waals surface area contributed by atoms with Crippen LogP contribution in [-0.2, 0) is 29.0 Å². The summed E-state index contributed by atoms with van der Waals surface area (Å²) < 4.78 is 14.8. The number of aliphatic hydroxyl groups is 7. The molecule has 14 aliphatic carbocycles. The number of aldehydes is 1. The zero-order chi connectivity index (χ0) is 68.8. The maximum Gasteiger partial charge on any atom is 0.240 e. The fourth-order valence-electron chi connectivity index (χ4n) is 29.2. The van der Waals surface area contributed by atoms with Gasteiger partial charge in [0, 0.05) is 46.9 Å². The summed E-state index contributed by atoms with van der Waals surface area (Å²) in [5.74, 6) is -5.24. The SMILES string of the molecule is O=CC1CC2(CCC3(CC(Cc4cccc(O)c4)CC34CCCC4)C2)CC12CC1CC3CC4C5CCC67Oc8cccc9c8C(=O)C8%10C(O)=CC(Cc%11cccc(CO)c%11)=C(C=CC%11CCCC%12CCC(CC%11%12O)C8SSCNC8=CC(=C3CN8)C1(C2)C4C(O)(C6O)C(O)C5(CO)O7)C%10C9=O. The van der Waals surface area contributed by atoms with E-state index >= 15 is 9.59 Å². The summed E-state index contributed by atoms with van der Waals surface area (Å²) in [6.45, 7) is -0.346. The van der Waals surface area contributed by atoms with Crippen LogP contribution in [0.4, 0.5) is 0 Å². The van der Waals surface area contributed by atoms with E-state index in [1.165, 1.54) is 60.3 Å². The van der Waals surface area contributed by atoms with Gasteiger partial charge in [0.2, 0.25) is 5.79 Å². The Bertz CT molecular complexity index is 4220. The van der Waals surface area contributed by atoms with Crippen LogP contribution in [0, 0.1) is 97.6 Å². The Balaban J connectivity index is 0.739. The molecule has 0 amide bonds. The number of aliphatic hydroxyl groups excluding tert-OH is 5. The first-order valence-electron chi connectivity index (χ1n) is 38.8. The van der Waals surface area contributed by atoms with Crippen molar-refractivity contribution in [3.63, 3.8) is 0 Å². The highest BCUT2D eigenvalue weighted by Gasteiger charge is 2.85. The van der Waals surface area contributed by atoms with Crippen LogP contribution in [0.5, 0.6) is 11.5 Å². The van der Waals surface area contributed by atoms with E-state index < -0.39 is 86.4 Å². The molecule has 13 bridgehead atoms. The van der Waals surface area contributed by atoms with Crippen molar-refractivity contribution in [3.8, 4) is 11.5 Å². The van der Waals surface area contributed by atoms with Gasteiger partial charge in [-0.2, -0.15) is 0 Å². The average molecular weight is 1410 g/mol. The highest BCUT2D eigenvalue weighted by atomic mass is 33.1. The Morgan fingerprint density at radius 2 is 1.57 bits per heavy atom. The van der Waals surface area contributed by atoms with E-state index in [2.05, 4.69) is 28.9 Å². The van der Waals surface area contributed by atoms with Crippen molar-refractivity contribution in [2.24, 2.45) is 97.6 Å². The lowest BCUT2D eigenvalue weighted by atomic mass is 9.42. The molecule has 21 rings (SSSR count). The molecule has 17 heteroatoms. The van der Waals surface area contributed by atoms with Gasteiger partial charge in [-0.3, -0.25) is 9.59 Å². The van der Waals surface area contributed by atoms with Gasteiger partial charge in [-0.05, 0) is 267 Å². The second-order valence-electron chi connectivity index (χ2n) is 36.2. The van der Waals surface area contributed by atoms with Crippen molar-refractivity contribution >= 4 is 39.4 Å². The standard InChI is InChI=1S/C84H98N2O13S2/c87-39-48-9-3-7-46(25-48)27-51-31-65(91)83-68-58(51)18-17-54-11-5-10-53-16-15-50(35-80(53,54)96)72(83)101-100-45-86-66-32-63-61(38-85-66)52-29-55-37-76(41-75(36-56(76)40-88)23-24-78(42-75)34-49(33-77(78)20-1-2-21-77)26-47-8-4-12-57(90)28-47)43-79(55,63)70-60(30-52)62-19-22-82(74(95)84(70,97)73(94)81(62,44-89)99-82)98-64-14-6-13-59(69(68)92)67(64)71(83)93/h3-4,6-9,12-14,17-18,25,28,31-32,40,49-50,52-56,60,62,68,70,72-74,85-87,89-91,94-97H,1-2,5,10-11,15-16,19-24,26-27,29-30,33-39,41-45H2. The summed E-state index contributed by atoms with van der Waals surface area (Å²) in [4.78, 5) is 48.7. The van der Waals surface area contributed by atoms with E-state index in [1.807, 2.05) is 42.5 Å². The van der Waals surface area contributed by atoms with Crippen LogP contribution < -0.4 is 15.4 Å². The van der Waals surface area contributed by atoms with Crippen molar-refractivity contribution in [1.29, 1.82) is 0 Å². The molecule has 3 aromatic carbocycles. The highest BCUT2D eigenvalue weighted by Crippen LogP contribution is 2.83. The van der Waals surface area contributed by atoms with E-state index in [-0.39, 0.29) is 106 Å². The summed E-state index contributed by atoms with van der Waals surface area (Å²) in [5.41, 5.74) is -1.93. The fraction of sp³-hybridized carbons (Fsp3) is 0.631. The number of dihydropyridines is 1. The molecule has 101 heavy (non-hydrogen) atoms. The lowest BCUT2D eigenvalue weighted by Crippen LogP contribution is -2.88. The van der Waals surface area contributed by atoms with Gasteiger partial charge in [0.1, 0.15) is 46.3 Å². The maximum atomic E-state index is 17.4. The predicted octanol–water partition coefficient (Wildman–Crippen LogP) is 12.2. The van der Waals surface area contributed by atoms with Crippen molar-refractivity contribution in [3.05, 3.63) is 153 Å². The fourth-order valence-corrected chi connectivity index (χ4v) is 32.2. The number of nitrogens with one attached hydrogen (secondary N) is 2. The second kappa shape index (κ2) is 22.4. The largest absolute Gasteiger partial charge is 0.511 e. The molecule has 0 aromatic heterocycles.